The molecule has 1 aliphatic heterocycles. The van der Waals surface area contributed by atoms with Crippen LogP contribution in [0.3, 0.4) is 0 Å². The number of hydrogen-bond donors (Lipinski definition) is 2. The molecule has 2 rings (SSSR count). The Bertz CT molecular complexity index is 360. The van der Waals surface area contributed by atoms with E-state index < -0.39 is 0 Å². The molecule has 1 aliphatic rings. The fourth-order valence-electron chi connectivity index (χ4n) is 1.12. The Morgan fingerprint density at radius 3 is 3.17 bits per heavy atom. The number of H-pyrrole nitrogens is 1. The smallest absolute Gasteiger partial charge is 0.327 e. The highest BCUT2D eigenvalue weighted by Gasteiger charge is 2.24. The predicted molar refractivity (Wildman–Crippen MR) is 46.7 cm³/mol. The highest BCUT2D eigenvalue weighted by Crippen LogP contribution is 2.11. The molecular weight excluding hydrogens is 154 g/mol. The van der Waals surface area contributed by atoms with Crippen LogP contribution in [0.1, 0.15) is 12.6 Å². The minimum Gasteiger partial charge on any atom is -0.358 e. The third-order valence-corrected chi connectivity index (χ3v) is 1.63. The molecule has 0 saturated heterocycles. The van der Waals surface area contributed by atoms with Gasteiger partial charge < -0.3 is 10.3 Å². The van der Waals surface area contributed by atoms with Crippen molar-refractivity contribution in [2.75, 3.05) is 7.05 Å². The first-order valence-electron chi connectivity index (χ1n) is 3.66. The van der Waals surface area contributed by atoms with E-state index >= 15 is 0 Å². The number of imidazole rings is 1. The van der Waals surface area contributed by atoms with Gasteiger partial charge in [0.25, 0.3) is 5.84 Å². The molecule has 5 heteroatoms. The zero-order valence-corrected chi connectivity index (χ0v) is 6.92. The van der Waals surface area contributed by atoms with E-state index in [4.69, 9.17) is 0 Å². The minimum atomic E-state index is 0.701. The number of nitrogens with one attached hydrogen (secondary N) is 2. The van der Waals surface area contributed by atoms with Crippen LogP contribution >= 0.6 is 0 Å². The number of rotatable bonds is 0. The van der Waals surface area contributed by atoms with Crippen LogP contribution in [0.4, 0.5) is 5.82 Å². The normalized spacial score (nSPS) is 14.8. The standard InChI is InChI=1S/C7H9N5/c1-4-11-6(8-2)5-7(12-4)10-3-9-5/h3H,1-2H3,(H,8,11)(H,9,10)/q+1. The fourth-order valence-corrected chi connectivity index (χ4v) is 1.12. The maximum atomic E-state index is 4.20. The molecule has 0 aromatic carbocycles. The van der Waals surface area contributed by atoms with Gasteiger partial charge in [-0.15, -0.1) is 0 Å². The van der Waals surface area contributed by atoms with Gasteiger partial charge in [0, 0.05) is 14.0 Å². The molecule has 1 aromatic rings. The molecule has 1 radical (unpaired) electrons. The van der Waals surface area contributed by atoms with Gasteiger partial charge >= 0.3 is 5.82 Å². The second kappa shape index (κ2) is 2.44. The van der Waals surface area contributed by atoms with E-state index in [0.29, 0.717) is 5.82 Å². The molecular formula is C7H9N5+. The highest BCUT2D eigenvalue weighted by atomic mass is 15.1. The van der Waals surface area contributed by atoms with Crippen LogP contribution in [0.15, 0.2) is 11.3 Å². The molecule has 12 heavy (non-hydrogen) atoms. The van der Waals surface area contributed by atoms with E-state index in [2.05, 4.69) is 25.3 Å². The number of aromatic nitrogens is 2. The lowest BCUT2D eigenvalue weighted by molar-refractivity contribution is 1.11. The van der Waals surface area contributed by atoms with Crippen LogP contribution in [-0.2, 0) is 0 Å². The zero-order valence-electron chi connectivity index (χ0n) is 6.92. The van der Waals surface area contributed by atoms with E-state index in [-0.39, 0.29) is 0 Å². The van der Waals surface area contributed by atoms with Crippen molar-refractivity contribution in [3.63, 3.8) is 0 Å². The van der Waals surface area contributed by atoms with Gasteiger partial charge in [0.1, 0.15) is 0 Å². The maximum Gasteiger partial charge on any atom is 0.327 e. The number of aromatic amines is 1. The van der Waals surface area contributed by atoms with Crippen molar-refractivity contribution < 1.29 is 0 Å². The van der Waals surface area contributed by atoms with Gasteiger partial charge in [0.05, 0.1) is 0 Å². The van der Waals surface area contributed by atoms with Crippen molar-refractivity contribution in [1.82, 2.24) is 20.3 Å². The Morgan fingerprint density at radius 1 is 1.58 bits per heavy atom. The van der Waals surface area contributed by atoms with Gasteiger partial charge in [-0.1, -0.05) is 15.0 Å². The Labute approximate surface area is 69.7 Å². The maximum absolute atomic E-state index is 4.20. The van der Waals surface area contributed by atoms with E-state index in [0.717, 1.165) is 17.4 Å². The number of aliphatic imine (C=N–C) groups is 2. The summed E-state index contributed by atoms with van der Waals surface area (Å²) in [5.41, 5.74) is 0.850. The van der Waals surface area contributed by atoms with Crippen LogP contribution in [0.2, 0.25) is 0 Å². The first-order chi connectivity index (χ1) is 5.81. The fraction of sp³-hybridized carbons (Fsp3) is 0.286. The average molecular weight is 163 g/mol. The summed E-state index contributed by atoms with van der Waals surface area (Å²) in [6, 6.07) is 0. The lowest BCUT2D eigenvalue weighted by Gasteiger charge is -1.99. The van der Waals surface area contributed by atoms with Crippen molar-refractivity contribution in [2.45, 2.75) is 6.92 Å². The first-order valence-corrected chi connectivity index (χ1v) is 3.66. The molecule has 61 valence electrons. The van der Waals surface area contributed by atoms with Gasteiger partial charge in [0.15, 0.2) is 12.0 Å². The van der Waals surface area contributed by atoms with E-state index in [1.54, 1.807) is 6.33 Å². The van der Waals surface area contributed by atoms with Crippen molar-refractivity contribution >= 4 is 17.5 Å². The average Bonchev–Trinajstić information content (AvgIpc) is 2.50. The highest BCUT2D eigenvalue weighted by molar-refractivity contribution is 6.09. The largest absolute Gasteiger partial charge is 0.358 e. The van der Waals surface area contributed by atoms with Crippen LogP contribution in [-0.4, -0.2) is 28.7 Å². The minimum absolute atomic E-state index is 0.701. The van der Waals surface area contributed by atoms with Crippen LogP contribution < -0.4 is 10.3 Å². The molecule has 2 heterocycles. The Morgan fingerprint density at radius 2 is 2.42 bits per heavy atom. The molecule has 0 bridgehead atoms. The quantitative estimate of drug-likeness (QED) is 0.555. The first kappa shape index (κ1) is 7.02. The monoisotopic (exact) mass is 163 g/mol. The van der Waals surface area contributed by atoms with Gasteiger partial charge in [-0.3, -0.25) is 0 Å². The SMILES string of the molecule is CNC1=NC(C)=[N+]c2nc[nH]c21. The summed E-state index contributed by atoms with van der Waals surface area (Å²) in [6.07, 6.45) is 1.61. The van der Waals surface area contributed by atoms with Gasteiger partial charge in [0.2, 0.25) is 5.84 Å². The molecule has 0 fully saturated rings. The van der Waals surface area contributed by atoms with Crippen LogP contribution in [0.25, 0.3) is 0 Å². The molecule has 0 unspecified atom stereocenters. The topological polar surface area (TPSA) is 67.2 Å². The zero-order chi connectivity index (χ0) is 8.55. The molecule has 0 aliphatic carbocycles. The third-order valence-electron chi connectivity index (χ3n) is 1.63. The van der Waals surface area contributed by atoms with Gasteiger partial charge in [-0.25, -0.2) is 0 Å². The van der Waals surface area contributed by atoms with Gasteiger partial charge in [-0.05, 0) is 0 Å². The van der Waals surface area contributed by atoms with Crippen molar-refractivity contribution in [2.24, 2.45) is 4.99 Å². The second-order valence-corrected chi connectivity index (χ2v) is 2.47. The Kier molecular flexibility index (Phi) is 1.43. The van der Waals surface area contributed by atoms with Gasteiger partial charge in [-0.2, -0.15) is 0 Å². The number of nitrogens with zero attached hydrogens (tertiary/aromatic N) is 3. The predicted octanol–water partition coefficient (Wildman–Crippen LogP) is -0.225. The van der Waals surface area contributed by atoms with Crippen LogP contribution in [0, 0.1) is 0 Å². The second-order valence-electron chi connectivity index (χ2n) is 2.47. The van der Waals surface area contributed by atoms with E-state index in [1.807, 2.05) is 14.0 Å². The van der Waals surface area contributed by atoms with E-state index in [9.17, 15) is 0 Å². The lowest BCUT2D eigenvalue weighted by Crippen LogP contribution is -2.25. The third kappa shape index (κ3) is 0.903. The summed E-state index contributed by atoms with van der Waals surface area (Å²) in [6.45, 7) is 1.84. The van der Waals surface area contributed by atoms with Crippen LogP contribution in [0.5, 0.6) is 0 Å². The Balaban J connectivity index is 2.57. The lowest BCUT2D eigenvalue weighted by atomic mass is 10.3. The summed E-state index contributed by atoms with van der Waals surface area (Å²) in [4.78, 5) is 15.4. The summed E-state index contributed by atoms with van der Waals surface area (Å²) in [5.74, 6) is 2.21. The molecule has 5 nitrogen and oxygen atoms in total. The molecule has 2 N–H and O–H groups in total. The molecule has 1 aromatic heterocycles. The number of fused-ring (bicyclic) bond motifs is 1. The van der Waals surface area contributed by atoms with Crippen molar-refractivity contribution in [3.8, 4) is 0 Å². The molecule has 0 amide bonds. The molecule has 0 spiro atoms. The summed E-state index contributed by atoms with van der Waals surface area (Å²) < 4.78 is 0. The summed E-state index contributed by atoms with van der Waals surface area (Å²) in [5, 5.41) is 2.97. The molecule has 0 atom stereocenters. The van der Waals surface area contributed by atoms with Crippen molar-refractivity contribution in [3.05, 3.63) is 12.0 Å². The summed E-state index contributed by atoms with van der Waals surface area (Å²) >= 11 is 0. The number of hydrogen-bond acceptors (Lipinski definition) is 4. The number of amidine groups is 2. The van der Waals surface area contributed by atoms with E-state index in [1.165, 1.54) is 0 Å². The molecule has 0 saturated carbocycles. The Hall–Kier alpha value is -1.65. The van der Waals surface area contributed by atoms with Crippen molar-refractivity contribution in [1.29, 1.82) is 0 Å². The summed E-state index contributed by atoms with van der Waals surface area (Å²) in [7, 11) is 1.82.